The lowest BCUT2D eigenvalue weighted by molar-refractivity contribution is -0.150. The molecule has 1 aliphatic rings. The molecule has 4 heteroatoms. The normalized spacial score (nSPS) is 24.9. The fraction of sp³-hybridized carbons (Fsp3) is 0.588. The van der Waals surface area contributed by atoms with E-state index in [2.05, 4.69) is 12.2 Å². The number of esters is 1. The Morgan fingerprint density at radius 2 is 2.19 bits per heavy atom. The van der Waals surface area contributed by atoms with Crippen molar-refractivity contribution in [3.63, 3.8) is 0 Å². The van der Waals surface area contributed by atoms with Gasteiger partial charge >= 0.3 is 5.97 Å². The van der Waals surface area contributed by atoms with Gasteiger partial charge in [0.05, 0.1) is 6.61 Å². The number of carbonyl (C=O) groups excluding carboxylic acids is 1. The summed E-state index contributed by atoms with van der Waals surface area (Å²) in [4.78, 5) is 12.5. The summed E-state index contributed by atoms with van der Waals surface area (Å²) in [5.74, 6) is -0.279. The van der Waals surface area contributed by atoms with E-state index in [1.54, 1.807) is 0 Å². The van der Waals surface area contributed by atoms with Gasteiger partial charge in [0, 0.05) is 5.69 Å². The van der Waals surface area contributed by atoms with E-state index in [0.717, 1.165) is 31.2 Å². The summed E-state index contributed by atoms with van der Waals surface area (Å²) in [5, 5.41) is 3.31. The first-order valence-corrected chi connectivity index (χ1v) is 7.74. The molecule has 21 heavy (non-hydrogen) atoms. The van der Waals surface area contributed by atoms with E-state index >= 15 is 0 Å². The van der Waals surface area contributed by atoms with Gasteiger partial charge < -0.3 is 10.1 Å². The average Bonchev–Trinajstić information content (AvgIpc) is 2.81. The van der Waals surface area contributed by atoms with Gasteiger partial charge in [0.15, 0.2) is 0 Å². The molecule has 0 amide bonds. The van der Waals surface area contributed by atoms with Crippen molar-refractivity contribution in [3.8, 4) is 0 Å². The zero-order valence-corrected chi connectivity index (χ0v) is 13.0. The van der Waals surface area contributed by atoms with Gasteiger partial charge in [0.2, 0.25) is 0 Å². The first kappa shape index (κ1) is 15.8. The lowest BCUT2D eigenvalue weighted by atomic mass is 9.84. The second kappa shape index (κ2) is 6.46. The van der Waals surface area contributed by atoms with Crippen molar-refractivity contribution in [3.05, 3.63) is 29.6 Å². The minimum atomic E-state index is -0.717. The number of carbonyl (C=O) groups is 1. The standard InChI is InChI=1S/C17H24FNO2/c1-4-13-7-6-8-17(13,16(20)21-5-2)19-15-10-12(3)9-14(18)11-15/h9-11,13,19H,4-8H2,1-3H3. The second-order valence-electron chi connectivity index (χ2n) is 5.83. The summed E-state index contributed by atoms with van der Waals surface area (Å²) in [6.07, 6.45) is 3.62. The van der Waals surface area contributed by atoms with Crippen LogP contribution in [0.25, 0.3) is 0 Å². The van der Waals surface area contributed by atoms with Crippen LogP contribution in [0.2, 0.25) is 0 Å². The molecule has 0 heterocycles. The Morgan fingerprint density at radius 3 is 2.81 bits per heavy atom. The smallest absolute Gasteiger partial charge is 0.332 e. The molecule has 1 fully saturated rings. The van der Waals surface area contributed by atoms with Crippen LogP contribution in [0.4, 0.5) is 10.1 Å². The van der Waals surface area contributed by atoms with Gasteiger partial charge in [-0.05, 0) is 56.4 Å². The second-order valence-corrected chi connectivity index (χ2v) is 5.83. The number of hydrogen-bond acceptors (Lipinski definition) is 3. The minimum absolute atomic E-state index is 0.212. The van der Waals surface area contributed by atoms with Crippen molar-refractivity contribution in [1.29, 1.82) is 0 Å². The third-order valence-corrected chi connectivity index (χ3v) is 4.36. The Labute approximate surface area is 125 Å². The van der Waals surface area contributed by atoms with Crippen LogP contribution in [0.5, 0.6) is 0 Å². The van der Waals surface area contributed by atoms with Gasteiger partial charge in [-0.1, -0.05) is 19.8 Å². The zero-order valence-electron chi connectivity index (χ0n) is 13.0. The predicted molar refractivity (Wildman–Crippen MR) is 81.8 cm³/mol. The summed E-state index contributed by atoms with van der Waals surface area (Å²) in [5.41, 5.74) is 0.772. The summed E-state index contributed by atoms with van der Waals surface area (Å²) < 4.78 is 18.9. The fourth-order valence-corrected chi connectivity index (χ4v) is 3.44. The molecule has 1 aromatic carbocycles. The molecule has 0 saturated heterocycles. The quantitative estimate of drug-likeness (QED) is 0.832. The molecule has 1 N–H and O–H groups in total. The molecule has 1 aliphatic carbocycles. The lowest BCUT2D eigenvalue weighted by Gasteiger charge is -2.34. The summed E-state index contributed by atoms with van der Waals surface area (Å²) >= 11 is 0. The average molecular weight is 293 g/mol. The minimum Gasteiger partial charge on any atom is -0.464 e. The monoisotopic (exact) mass is 293 g/mol. The number of nitrogens with one attached hydrogen (secondary N) is 1. The number of ether oxygens (including phenoxy) is 1. The van der Waals surface area contributed by atoms with Crippen molar-refractivity contribution in [2.75, 3.05) is 11.9 Å². The van der Waals surface area contributed by atoms with Crippen LogP contribution in [0.1, 0.15) is 45.1 Å². The van der Waals surface area contributed by atoms with Gasteiger partial charge in [0.1, 0.15) is 11.4 Å². The Bertz CT molecular complexity index is 497. The number of rotatable bonds is 5. The molecule has 0 radical (unpaired) electrons. The highest BCUT2D eigenvalue weighted by atomic mass is 19.1. The third kappa shape index (κ3) is 3.20. The van der Waals surface area contributed by atoms with Crippen LogP contribution in [-0.2, 0) is 9.53 Å². The highest BCUT2D eigenvalue weighted by Gasteiger charge is 2.49. The molecule has 0 aliphatic heterocycles. The number of aryl methyl sites for hydroxylation is 1. The predicted octanol–water partition coefficient (Wildman–Crippen LogP) is 4.06. The van der Waals surface area contributed by atoms with E-state index in [1.807, 2.05) is 19.9 Å². The van der Waals surface area contributed by atoms with Crippen molar-refractivity contribution in [2.24, 2.45) is 5.92 Å². The maximum Gasteiger partial charge on any atom is 0.332 e. The van der Waals surface area contributed by atoms with Crippen LogP contribution in [0.15, 0.2) is 18.2 Å². The van der Waals surface area contributed by atoms with Crippen LogP contribution in [-0.4, -0.2) is 18.1 Å². The molecule has 2 rings (SSSR count). The largest absolute Gasteiger partial charge is 0.464 e. The maximum absolute atomic E-state index is 13.6. The zero-order chi connectivity index (χ0) is 15.5. The summed E-state index contributed by atoms with van der Waals surface area (Å²) in [7, 11) is 0. The van der Waals surface area contributed by atoms with Crippen LogP contribution in [0, 0.1) is 18.7 Å². The lowest BCUT2D eigenvalue weighted by Crippen LogP contribution is -2.50. The number of hydrogen-bond donors (Lipinski definition) is 1. The first-order valence-electron chi connectivity index (χ1n) is 7.74. The van der Waals surface area contributed by atoms with Crippen LogP contribution < -0.4 is 5.32 Å². The Hall–Kier alpha value is -1.58. The molecular formula is C17H24FNO2. The Balaban J connectivity index is 2.34. The van der Waals surface area contributed by atoms with Gasteiger partial charge in [-0.25, -0.2) is 9.18 Å². The number of benzene rings is 1. The highest BCUT2D eigenvalue weighted by Crippen LogP contribution is 2.41. The van der Waals surface area contributed by atoms with E-state index in [9.17, 15) is 9.18 Å². The maximum atomic E-state index is 13.6. The van der Waals surface area contributed by atoms with Crippen LogP contribution in [0.3, 0.4) is 0 Å². The molecule has 0 aromatic heterocycles. The summed E-state index contributed by atoms with van der Waals surface area (Å²) in [6.45, 7) is 6.11. The van der Waals surface area contributed by atoms with Crippen molar-refractivity contribution in [2.45, 2.75) is 52.0 Å². The fourth-order valence-electron chi connectivity index (χ4n) is 3.44. The van der Waals surface area contributed by atoms with E-state index < -0.39 is 5.54 Å². The van der Waals surface area contributed by atoms with Gasteiger partial charge in [0.25, 0.3) is 0 Å². The van der Waals surface area contributed by atoms with Gasteiger partial charge in [-0.2, -0.15) is 0 Å². The SMILES string of the molecule is CCOC(=O)C1(Nc2cc(C)cc(F)c2)CCCC1CC. The van der Waals surface area contributed by atoms with E-state index in [4.69, 9.17) is 4.74 Å². The molecule has 116 valence electrons. The molecule has 3 nitrogen and oxygen atoms in total. The van der Waals surface area contributed by atoms with Gasteiger partial charge in [-0.15, -0.1) is 0 Å². The van der Waals surface area contributed by atoms with E-state index in [1.165, 1.54) is 12.1 Å². The Kier molecular flexibility index (Phi) is 4.86. The third-order valence-electron chi connectivity index (χ3n) is 4.36. The van der Waals surface area contributed by atoms with Crippen molar-refractivity contribution in [1.82, 2.24) is 0 Å². The van der Waals surface area contributed by atoms with Crippen molar-refractivity contribution >= 4 is 11.7 Å². The molecular weight excluding hydrogens is 269 g/mol. The molecule has 2 atom stereocenters. The van der Waals surface area contributed by atoms with E-state index in [-0.39, 0.29) is 17.7 Å². The highest BCUT2D eigenvalue weighted by molar-refractivity contribution is 5.85. The molecule has 0 spiro atoms. The molecule has 2 unspecified atom stereocenters. The van der Waals surface area contributed by atoms with Crippen LogP contribution >= 0.6 is 0 Å². The van der Waals surface area contributed by atoms with Crippen molar-refractivity contribution < 1.29 is 13.9 Å². The van der Waals surface area contributed by atoms with E-state index in [0.29, 0.717) is 12.3 Å². The number of halogens is 1. The summed E-state index contributed by atoms with van der Waals surface area (Å²) in [6, 6.07) is 4.79. The van der Waals surface area contributed by atoms with Gasteiger partial charge in [-0.3, -0.25) is 0 Å². The Morgan fingerprint density at radius 1 is 1.43 bits per heavy atom. The molecule has 1 aromatic rings. The molecule has 1 saturated carbocycles. The first-order chi connectivity index (χ1) is 10.0. The topological polar surface area (TPSA) is 38.3 Å². The number of anilines is 1. The molecule has 0 bridgehead atoms.